The van der Waals surface area contributed by atoms with Gasteiger partial charge in [-0.3, -0.25) is 14.4 Å². The maximum atomic E-state index is 14.1. The molecule has 5 aromatic rings. The monoisotopic (exact) mass is 920 g/mol. The molecular formula is C41H33ClF8N8O6. The Labute approximate surface area is 361 Å². The van der Waals surface area contributed by atoms with Crippen LogP contribution in [0.2, 0.25) is 5.02 Å². The molecule has 2 atom stereocenters. The largest absolute Gasteiger partial charge is 0.438 e. The molecule has 3 aromatic heterocycles. The van der Waals surface area contributed by atoms with Gasteiger partial charge in [-0.15, -0.1) is 0 Å². The summed E-state index contributed by atoms with van der Waals surface area (Å²) in [6, 6.07) is 2.69. The summed E-state index contributed by atoms with van der Waals surface area (Å²) < 4.78 is 130. The van der Waals surface area contributed by atoms with Gasteiger partial charge in [0.15, 0.2) is 23.7 Å². The Hall–Kier alpha value is -6.13. The van der Waals surface area contributed by atoms with Crippen molar-refractivity contribution in [1.82, 2.24) is 35.0 Å². The average molecular weight is 921 g/mol. The molecule has 8 rings (SSSR count). The molecule has 3 aliphatic rings. The van der Waals surface area contributed by atoms with Crippen molar-refractivity contribution in [1.29, 1.82) is 0 Å². The number of aromatic nitrogens is 6. The second-order valence-electron chi connectivity index (χ2n) is 15.1. The molecule has 0 radical (unpaired) electrons. The number of ketones is 2. The zero-order chi connectivity index (χ0) is 45.7. The third-order valence-electron chi connectivity index (χ3n) is 10.7. The standard InChI is InChI=1S/C41H33ClF8N8O6/c1-19(59)35-53-27-16-51-22(14-24(27)38(55-35)64-32-8-6-21(44)13-26(32)41(48,49)50)15-30(60)36-54-28-18-57(29-17-52-58(39(61)34(29)42)33-4-2-3-11-62-33)10-9-23(28)37(56-36)63-31-7-5-20(43)12-25(31)40(45,46)47/h5-8,12-13,17,22,33,51H,2-4,9-11,14-16,18H2,1H3. The van der Waals surface area contributed by atoms with Crippen LogP contribution in [0.15, 0.2) is 47.4 Å². The molecule has 0 amide bonds. The van der Waals surface area contributed by atoms with Gasteiger partial charge in [0.2, 0.25) is 17.5 Å². The minimum absolute atomic E-state index is 0.0168. The number of fused-ring (bicyclic) bond motifs is 2. The molecule has 336 valence electrons. The average Bonchev–Trinajstić information content (AvgIpc) is 3.25. The van der Waals surface area contributed by atoms with E-state index in [-0.39, 0.29) is 83.7 Å². The summed E-state index contributed by atoms with van der Waals surface area (Å²) in [6.07, 6.45) is -7.71. The van der Waals surface area contributed by atoms with Gasteiger partial charge < -0.3 is 24.4 Å². The lowest BCUT2D eigenvalue weighted by atomic mass is 9.96. The van der Waals surface area contributed by atoms with Gasteiger partial charge in [-0.25, -0.2) is 18.7 Å². The highest BCUT2D eigenvalue weighted by molar-refractivity contribution is 6.33. The molecule has 1 saturated heterocycles. The molecule has 3 aliphatic heterocycles. The van der Waals surface area contributed by atoms with Gasteiger partial charge in [0.1, 0.15) is 39.3 Å². The quantitative estimate of drug-likeness (QED) is 0.106. The van der Waals surface area contributed by atoms with Gasteiger partial charge in [0.05, 0.1) is 29.8 Å². The minimum atomic E-state index is -5.06. The van der Waals surface area contributed by atoms with Gasteiger partial charge in [-0.05, 0) is 68.5 Å². The Kier molecular flexibility index (Phi) is 12.1. The first-order valence-corrected chi connectivity index (χ1v) is 20.0. The first-order valence-electron chi connectivity index (χ1n) is 19.6. The number of carbonyl (C=O) groups is 2. The second-order valence-corrected chi connectivity index (χ2v) is 15.5. The zero-order valence-electron chi connectivity index (χ0n) is 33.2. The number of hydrogen-bond donors (Lipinski definition) is 1. The van der Waals surface area contributed by atoms with Gasteiger partial charge in [0.25, 0.3) is 5.56 Å². The van der Waals surface area contributed by atoms with E-state index in [1.165, 1.54) is 6.20 Å². The highest BCUT2D eigenvalue weighted by Gasteiger charge is 2.38. The molecule has 1 N–H and O–H groups in total. The highest BCUT2D eigenvalue weighted by atomic mass is 35.5. The first kappa shape index (κ1) is 44.5. The van der Waals surface area contributed by atoms with Crippen molar-refractivity contribution in [2.45, 2.75) is 83.2 Å². The van der Waals surface area contributed by atoms with Crippen molar-refractivity contribution >= 4 is 28.9 Å². The maximum absolute atomic E-state index is 14.1. The molecule has 0 spiro atoms. The zero-order valence-corrected chi connectivity index (χ0v) is 34.0. The molecule has 23 heteroatoms. The number of benzene rings is 2. The molecule has 2 aromatic carbocycles. The fourth-order valence-corrected chi connectivity index (χ4v) is 7.80. The molecule has 64 heavy (non-hydrogen) atoms. The Morgan fingerprint density at radius 1 is 0.875 bits per heavy atom. The number of hydrogen-bond acceptors (Lipinski definition) is 13. The molecule has 2 unspecified atom stereocenters. The lowest BCUT2D eigenvalue weighted by molar-refractivity contribution is -0.139. The van der Waals surface area contributed by atoms with Crippen LogP contribution in [-0.4, -0.2) is 60.5 Å². The van der Waals surface area contributed by atoms with E-state index >= 15 is 0 Å². The van der Waals surface area contributed by atoms with Crippen LogP contribution in [0.25, 0.3) is 0 Å². The van der Waals surface area contributed by atoms with Crippen LogP contribution < -0.4 is 25.2 Å². The van der Waals surface area contributed by atoms with Crippen LogP contribution in [0.1, 0.15) is 93.7 Å². The lowest BCUT2D eigenvalue weighted by Gasteiger charge is -2.31. The van der Waals surface area contributed by atoms with E-state index < -0.39 is 100 Å². The fraction of sp³-hybridized carbons (Fsp3) is 0.366. The van der Waals surface area contributed by atoms with Crippen LogP contribution in [0.3, 0.4) is 0 Å². The maximum Gasteiger partial charge on any atom is 0.420 e. The number of alkyl halides is 6. The van der Waals surface area contributed by atoms with E-state index in [2.05, 4.69) is 30.4 Å². The predicted octanol–water partition coefficient (Wildman–Crippen LogP) is 8.13. The number of ether oxygens (including phenoxy) is 3. The smallest absolute Gasteiger partial charge is 0.420 e. The molecule has 1 fully saturated rings. The number of anilines is 1. The highest BCUT2D eigenvalue weighted by Crippen LogP contribution is 2.42. The summed E-state index contributed by atoms with van der Waals surface area (Å²) in [4.78, 5) is 58.4. The van der Waals surface area contributed by atoms with Gasteiger partial charge in [0, 0.05) is 50.2 Å². The number of rotatable bonds is 10. The van der Waals surface area contributed by atoms with E-state index in [1.807, 2.05) is 0 Å². The third-order valence-corrected chi connectivity index (χ3v) is 11.0. The minimum Gasteiger partial charge on any atom is -0.438 e. The Morgan fingerprint density at radius 3 is 2.11 bits per heavy atom. The topological polar surface area (TPSA) is 164 Å². The van der Waals surface area contributed by atoms with Gasteiger partial charge >= 0.3 is 12.4 Å². The number of Topliss-reactive ketones (excluding diaryl/α,β-unsaturated/α-hetero) is 2. The van der Waals surface area contributed by atoms with E-state index in [0.29, 0.717) is 13.0 Å². The number of carbonyl (C=O) groups excluding carboxylic acids is 2. The molecule has 0 aliphatic carbocycles. The molecule has 6 heterocycles. The SMILES string of the molecule is CC(=O)c1nc2c(c(Oc3ccc(F)cc3C(F)(F)F)n1)CC(CC(=O)c1nc3c(c(Oc4ccc(F)cc4C(F)(F)F)n1)CCN(c1cnn(C4CCCCO4)c(=O)c1Cl)C3)NC2. The van der Waals surface area contributed by atoms with E-state index in [4.69, 9.17) is 25.8 Å². The molecule has 14 nitrogen and oxygen atoms in total. The summed E-state index contributed by atoms with van der Waals surface area (Å²) in [6.45, 7) is 1.41. The van der Waals surface area contributed by atoms with Crippen molar-refractivity contribution in [3.63, 3.8) is 0 Å². The summed E-state index contributed by atoms with van der Waals surface area (Å²) in [7, 11) is 0. The molecule has 0 bridgehead atoms. The predicted molar refractivity (Wildman–Crippen MR) is 207 cm³/mol. The second kappa shape index (κ2) is 17.4. The van der Waals surface area contributed by atoms with Crippen molar-refractivity contribution in [3.8, 4) is 23.3 Å². The lowest BCUT2D eigenvalue weighted by Crippen LogP contribution is -2.39. The van der Waals surface area contributed by atoms with E-state index in [0.717, 1.165) is 48.7 Å². The summed E-state index contributed by atoms with van der Waals surface area (Å²) in [5, 5.41) is 7.17. The van der Waals surface area contributed by atoms with Crippen molar-refractivity contribution in [2.24, 2.45) is 0 Å². The Morgan fingerprint density at radius 2 is 1.50 bits per heavy atom. The third kappa shape index (κ3) is 9.25. The Bertz CT molecular complexity index is 2730. The van der Waals surface area contributed by atoms with Gasteiger partial charge in [-0.2, -0.15) is 46.1 Å². The first-order chi connectivity index (χ1) is 30.3. The molecular weight excluding hydrogens is 888 g/mol. The summed E-state index contributed by atoms with van der Waals surface area (Å²) in [5.41, 5.74) is -2.69. The van der Waals surface area contributed by atoms with Crippen LogP contribution in [0, 0.1) is 11.6 Å². The van der Waals surface area contributed by atoms with Crippen LogP contribution in [0.5, 0.6) is 23.3 Å². The van der Waals surface area contributed by atoms with Crippen molar-refractivity contribution in [2.75, 3.05) is 18.1 Å². The molecule has 0 saturated carbocycles. The van der Waals surface area contributed by atoms with Crippen LogP contribution in [0.4, 0.5) is 40.8 Å². The number of halogens is 9. The Balaban J connectivity index is 1.12. The number of nitrogens with zero attached hydrogens (tertiary/aromatic N) is 7. The van der Waals surface area contributed by atoms with Crippen molar-refractivity contribution in [3.05, 3.63) is 115 Å². The van der Waals surface area contributed by atoms with E-state index in [1.54, 1.807) is 4.90 Å². The summed E-state index contributed by atoms with van der Waals surface area (Å²) in [5.74, 6) is -7.16. The van der Waals surface area contributed by atoms with Gasteiger partial charge in [-0.1, -0.05) is 11.6 Å². The van der Waals surface area contributed by atoms with Crippen LogP contribution in [-0.2, 0) is 43.0 Å². The summed E-state index contributed by atoms with van der Waals surface area (Å²) >= 11 is 6.60. The fourth-order valence-electron chi connectivity index (χ4n) is 7.54. The van der Waals surface area contributed by atoms with Crippen LogP contribution >= 0.6 is 11.6 Å². The normalized spacial score (nSPS) is 17.7. The van der Waals surface area contributed by atoms with Crippen molar-refractivity contribution < 1.29 is 58.9 Å². The van der Waals surface area contributed by atoms with E-state index in [9.17, 15) is 49.5 Å². The number of nitrogens with one attached hydrogen (secondary N) is 1.